The molecule has 0 spiro atoms. The van der Waals surface area contributed by atoms with Crippen LogP contribution in [-0.4, -0.2) is 23.1 Å². The van der Waals surface area contributed by atoms with E-state index in [-0.39, 0.29) is 0 Å². The predicted molar refractivity (Wildman–Crippen MR) is 62.6 cm³/mol. The molecule has 15 heavy (non-hydrogen) atoms. The number of rotatable bonds is 4. The maximum absolute atomic E-state index is 5.55. The molecule has 0 saturated heterocycles. The van der Waals surface area contributed by atoms with E-state index in [0.29, 0.717) is 18.5 Å². The van der Waals surface area contributed by atoms with Crippen LogP contribution in [0, 0.1) is 5.92 Å². The van der Waals surface area contributed by atoms with Crippen LogP contribution in [0.5, 0.6) is 0 Å². The van der Waals surface area contributed by atoms with Gasteiger partial charge in [-0.1, -0.05) is 13.8 Å². The van der Waals surface area contributed by atoms with E-state index in [1.165, 1.54) is 0 Å². The lowest BCUT2D eigenvalue weighted by molar-refractivity contribution is 0.499. The molecular formula is C11H20N4. The maximum Gasteiger partial charge on any atom is 0.225 e. The van der Waals surface area contributed by atoms with Gasteiger partial charge in [-0.2, -0.15) is 0 Å². The maximum atomic E-state index is 5.55. The molecule has 1 aromatic heterocycles. The molecule has 1 aromatic rings. The summed E-state index contributed by atoms with van der Waals surface area (Å²) >= 11 is 0. The largest absolute Gasteiger partial charge is 0.341 e. The first kappa shape index (κ1) is 11.9. The molecule has 0 aliphatic heterocycles. The van der Waals surface area contributed by atoms with Crippen LogP contribution in [0.2, 0.25) is 0 Å². The first-order chi connectivity index (χ1) is 7.06. The van der Waals surface area contributed by atoms with E-state index in [1.807, 2.05) is 13.1 Å². The summed E-state index contributed by atoms with van der Waals surface area (Å²) in [7, 11) is 2.01. The molecule has 84 valence electrons. The number of hydrogen-bond donors (Lipinski definition) is 1. The van der Waals surface area contributed by atoms with Crippen LogP contribution in [0.15, 0.2) is 12.3 Å². The Labute approximate surface area is 91.5 Å². The lowest BCUT2D eigenvalue weighted by atomic mass is 10.1. The summed E-state index contributed by atoms with van der Waals surface area (Å²) in [5.74, 6) is 1.32. The minimum absolute atomic E-state index is 0.415. The Morgan fingerprint density at radius 2 is 2.07 bits per heavy atom. The highest BCUT2D eigenvalue weighted by atomic mass is 15.2. The van der Waals surface area contributed by atoms with Gasteiger partial charge in [-0.05, 0) is 18.9 Å². The van der Waals surface area contributed by atoms with E-state index in [4.69, 9.17) is 5.73 Å². The highest BCUT2D eigenvalue weighted by Gasteiger charge is 2.15. The summed E-state index contributed by atoms with van der Waals surface area (Å²) in [5, 5.41) is 0. The molecule has 4 heteroatoms. The summed E-state index contributed by atoms with van der Waals surface area (Å²) in [6.45, 7) is 7.00. The van der Waals surface area contributed by atoms with E-state index in [0.717, 1.165) is 11.6 Å². The minimum atomic E-state index is 0.415. The van der Waals surface area contributed by atoms with E-state index < -0.39 is 0 Å². The van der Waals surface area contributed by atoms with Crippen molar-refractivity contribution >= 4 is 5.95 Å². The molecule has 0 amide bonds. The average Bonchev–Trinajstić information content (AvgIpc) is 2.27. The number of nitrogens with two attached hydrogens (primary N) is 1. The quantitative estimate of drug-likeness (QED) is 0.813. The van der Waals surface area contributed by atoms with Gasteiger partial charge in [0.15, 0.2) is 0 Å². The predicted octanol–water partition coefficient (Wildman–Crippen LogP) is 1.42. The molecular weight excluding hydrogens is 188 g/mol. The smallest absolute Gasteiger partial charge is 0.225 e. The number of anilines is 1. The van der Waals surface area contributed by atoms with Gasteiger partial charge in [0.1, 0.15) is 0 Å². The highest BCUT2D eigenvalue weighted by Crippen LogP contribution is 2.14. The number of hydrogen-bond acceptors (Lipinski definition) is 4. The van der Waals surface area contributed by atoms with E-state index in [1.54, 1.807) is 6.20 Å². The second-order valence-corrected chi connectivity index (χ2v) is 4.15. The molecule has 0 fully saturated rings. The van der Waals surface area contributed by atoms with Gasteiger partial charge in [0.05, 0.1) is 5.69 Å². The third kappa shape index (κ3) is 2.89. The lowest BCUT2D eigenvalue weighted by Gasteiger charge is -2.27. The van der Waals surface area contributed by atoms with Crippen molar-refractivity contribution in [2.24, 2.45) is 11.7 Å². The Kier molecular flexibility index (Phi) is 4.03. The van der Waals surface area contributed by atoms with Gasteiger partial charge >= 0.3 is 0 Å². The molecule has 1 atom stereocenters. The van der Waals surface area contributed by atoms with Gasteiger partial charge in [-0.3, -0.25) is 0 Å². The van der Waals surface area contributed by atoms with Crippen LogP contribution in [0.3, 0.4) is 0 Å². The van der Waals surface area contributed by atoms with Gasteiger partial charge in [-0.15, -0.1) is 0 Å². The fraction of sp³-hybridized carbons (Fsp3) is 0.636. The van der Waals surface area contributed by atoms with Gasteiger partial charge in [0.2, 0.25) is 5.95 Å². The zero-order valence-corrected chi connectivity index (χ0v) is 9.94. The monoisotopic (exact) mass is 208 g/mol. The standard InChI is InChI=1S/C11H20N4/c1-8(2)9(3)15(4)11-13-6-5-10(7-12)14-11/h5-6,8-9H,7,12H2,1-4H3. The normalized spacial score (nSPS) is 12.9. The fourth-order valence-corrected chi connectivity index (χ4v) is 1.30. The third-order valence-electron chi connectivity index (χ3n) is 2.80. The van der Waals surface area contributed by atoms with Crippen molar-refractivity contribution in [1.29, 1.82) is 0 Å². The van der Waals surface area contributed by atoms with Crippen molar-refractivity contribution in [3.8, 4) is 0 Å². The molecule has 0 radical (unpaired) electrons. The van der Waals surface area contributed by atoms with E-state index in [9.17, 15) is 0 Å². The van der Waals surface area contributed by atoms with Crippen molar-refractivity contribution < 1.29 is 0 Å². The molecule has 0 bridgehead atoms. The van der Waals surface area contributed by atoms with Crippen molar-refractivity contribution in [3.63, 3.8) is 0 Å². The topological polar surface area (TPSA) is 55.0 Å². The molecule has 1 rings (SSSR count). The second-order valence-electron chi connectivity index (χ2n) is 4.15. The zero-order chi connectivity index (χ0) is 11.4. The van der Waals surface area contributed by atoms with Gasteiger partial charge in [-0.25, -0.2) is 9.97 Å². The molecule has 0 aromatic carbocycles. The summed E-state index contributed by atoms with van der Waals surface area (Å²) in [4.78, 5) is 10.7. The molecule has 0 aliphatic rings. The summed E-state index contributed by atoms with van der Waals surface area (Å²) < 4.78 is 0. The van der Waals surface area contributed by atoms with Crippen LogP contribution >= 0.6 is 0 Å². The van der Waals surface area contributed by atoms with Crippen LogP contribution in [0.25, 0.3) is 0 Å². The Morgan fingerprint density at radius 3 is 2.60 bits per heavy atom. The number of nitrogens with zero attached hydrogens (tertiary/aromatic N) is 3. The van der Waals surface area contributed by atoms with Crippen molar-refractivity contribution in [3.05, 3.63) is 18.0 Å². The fourth-order valence-electron chi connectivity index (χ4n) is 1.30. The Balaban J connectivity index is 2.85. The Morgan fingerprint density at radius 1 is 1.40 bits per heavy atom. The van der Waals surface area contributed by atoms with Gasteiger partial charge < -0.3 is 10.6 Å². The first-order valence-electron chi connectivity index (χ1n) is 5.31. The number of aromatic nitrogens is 2. The van der Waals surface area contributed by atoms with Crippen LogP contribution in [-0.2, 0) is 6.54 Å². The SMILES string of the molecule is CC(C)C(C)N(C)c1nccc(CN)n1. The third-order valence-corrected chi connectivity index (χ3v) is 2.80. The molecule has 1 heterocycles. The van der Waals surface area contributed by atoms with Crippen LogP contribution in [0.4, 0.5) is 5.95 Å². The highest BCUT2D eigenvalue weighted by molar-refractivity contribution is 5.30. The lowest BCUT2D eigenvalue weighted by Crippen LogP contribution is -2.34. The summed E-state index contributed by atoms with van der Waals surface area (Å²) in [6.07, 6.45) is 1.76. The Hall–Kier alpha value is -1.16. The van der Waals surface area contributed by atoms with E-state index in [2.05, 4.69) is 35.6 Å². The van der Waals surface area contributed by atoms with Crippen molar-refractivity contribution in [2.45, 2.75) is 33.4 Å². The van der Waals surface area contributed by atoms with Gasteiger partial charge in [0.25, 0.3) is 0 Å². The second kappa shape index (κ2) is 5.07. The van der Waals surface area contributed by atoms with Gasteiger partial charge in [0, 0.05) is 25.8 Å². The van der Waals surface area contributed by atoms with Crippen LogP contribution in [0.1, 0.15) is 26.5 Å². The minimum Gasteiger partial charge on any atom is -0.341 e. The summed E-state index contributed by atoms with van der Waals surface area (Å²) in [5.41, 5.74) is 6.42. The van der Waals surface area contributed by atoms with Crippen LogP contribution < -0.4 is 10.6 Å². The van der Waals surface area contributed by atoms with E-state index >= 15 is 0 Å². The average molecular weight is 208 g/mol. The molecule has 0 saturated carbocycles. The van der Waals surface area contributed by atoms with Crippen molar-refractivity contribution in [2.75, 3.05) is 11.9 Å². The Bertz CT molecular complexity index is 311. The molecule has 2 N–H and O–H groups in total. The van der Waals surface area contributed by atoms with Crippen molar-refractivity contribution in [1.82, 2.24) is 9.97 Å². The summed E-state index contributed by atoms with van der Waals surface area (Å²) in [6, 6.07) is 2.26. The molecule has 4 nitrogen and oxygen atoms in total. The first-order valence-corrected chi connectivity index (χ1v) is 5.31. The molecule has 1 unspecified atom stereocenters. The zero-order valence-electron chi connectivity index (χ0n) is 9.94. The molecule has 0 aliphatic carbocycles.